The smallest absolute Gasteiger partial charge is 0.127 e. The molecule has 0 bridgehead atoms. The molecule has 1 atom stereocenters. The molecule has 0 aliphatic carbocycles. The predicted molar refractivity (Wildman–Crippen MR) is 104 cm³/mol. The van der Waals surface area contributed by atoms with Crippen molar-refractivity contribution in [1.82, 2.24) is 9.97 Å². The van der Waals surface area contributed by atoms with Crippen LogP contribution in [0.4, 0.5) is 0 Å². The van der Waals surface area contributed by atoms with Gasteiger partial charge in [0.1, 0.15) is 5.75 Å². The van der Waals surface area contributed by atoms with Crippen molar-refractivity contribution in [3.05, 3.63) is 53.8 Å². The van der Waals surface area contributed by atoms with Crippen LogP contribution < -0.4 is 10.5 Å². The average molecular weight is 349 g/mol. The van der Waals surface area contributed by atoms with E-state index < -0.39 is 0 Å². The van der Waals surface area contributed by atoms with Crippen molar-refractivity contribution in [1.29, 1.82) is 0 Å². The van der Waals surface area contributed by atoms with Gasteiger partial charge in [-0.25, -0.2) is 0 Å². The molecule has 2 N–H and O–H groups in total. The monoisotopic (exact) mass is 349 g/mol. The number of fused-ring (bicyclic) bond motifs is 3. The van der Waals surface area contributed by atoms with Crippen LogP contribution in [0, 0.1) is 0 Å². The third-order valence-corrected chi connectivity index (χ3v) is 5.44. The van der Waals surface area contributed by atoms with Crippen LogP contribution in [-0.2, 0) is 0 Å². The van der Waals surface area contributed by atoms with Gasteiger partial charge in [0.2, 0.25) is 0 Å². The fourth-order valence-electron chi connectivity index (χ4n) is 3.13. The highest BCUT2D eigenvalue weighted by Gasteiger charge is 2.16. The van der Waals surface area contributed by atoms with Crippen LogP contribution in [0.5, 0.6) is 5.75 Å². The quantitative estimate of drug-likeness (QED) is 0.586. The maximum absolute atomic E-state index is 5.76. The van der Waals surface area contributed by atoms with Crippen molar-refractivity contribution >= 4 is 32.3 Å². The molecule has 0 fully saturated rings. The molecule has 5 heteroatoms. The summed E-state index contributed by atoms with van der Waals surface area (Å²) in [4.78, 5) is 9.24. The van der Waals surface area contributed by atoms with E-state index in [9.17, 15) is 0 Å². The van der Waals surface area contributed by atoms with Gasteiger partial charge in [-0.3, -0.25) is 9.97 Å². The van der Waals surface area contributed by atoms with Gasteiger partial charge in [0.25, 0.3) is 0 Å². The zero-order chi connectivity index (χ0) is 17.4. The Kier molecular flexibility index (Phi) is 4.11. The van der Waals surface area contributed by atoms with Crippen LogP contribution in [0.15, 0.2) is 48.1 Å². The van der Waals surface area contributed by atoms with Crippen molar-refractivity contribution in [2.45, 2.75) is 12.8 Å². The number of nitrogens with two attached hydrogens (primary N) is 1. The highest BCUT2D eigenvalue weighted by Crippen LogP contribution is 2.40. The summed E-state index contributed by atoms with van der Waals surface area (Å²) in [7, 11) is 1.70. The fourth-order valence-corrected chi connectivity index (χ4v) is 3.89. The van der Waals surface area contributed by atoms with E-state index in [1.54, 1.807) is 18.4 Å². The van der Waals surface area contributed by atoms with E-state index in [-0.39, 0.29) is 5.92 Å². The van der Waals surface area contributed by atoms with Crippen LogP contribution in [-0.4, -0.2) is 23.6 Å². The van der Waals surface area contributed by atoms with Gasteiger partial charge in [-0.2, -0.15) is 0 Å². The summed E-state index contributed by atoms with van der Waals surface area (Å²) in [5.41, 5.74) is 9.78. The lowest BCUT2D eigenvalue weighted by atomic mass is 9.97. The van der Waals surface area contributed by atoms with Gasteiger partial charge < -0.3 is 10.5 Å². The molecule has 3 aromatic heterocycles. The minimum Gasteiger partial charge on any atom is -0.496 e. The molecular formula is C20H19N3OS. The van der Waals surface area contributed by atoms with Gasteiger partial charge in [0, 0.05) is 52.4 Å². The molecule has 4 aromatic rings. The van der Waals surface area contributed by atoms with Crippen molar-refractivity contribution in [2.24, 2.45) is 5.73 Å². The highest BCUT2D eigenvalue weighted by molar-refractivity contribution is 7.17. The Morgan fingerprint density at radius 2 is 2.00 bits per heavy atom. The van der Waals surface area contributed by atoms with Crippen LogP contribution >= 0.6 is 11.3 Å². The molecule has 0 radical (unpaired) electrons. The first kappa shape index (κ1) is 16.0. The molecule has 126 valence electrons. The Labute approximate surface area is 150 Å². The molecule has 1 aromatic carbocycles. The normalized spacial score (nSPS) is 12.6. The zero-order valence-corrected chi connectivity index (χ0v) is 15.0. The summed E-state index contributed by atoms with van der Waals surface area (Å²) in [6.07, 6.45) is 3.84. The third kappa shape index (κ3) is 2.65. The summed E-state index contributed by atoms with van der Waals surface area (Å²) in [6, 6.07) is 10.3. The van der Waals surface area contributed by atoms with Crippen LogP contribution in [0.3, 0.4) is 0 Å². The molecule has 4 nitrogen and oxygen atoms in total. The van der Waals surface area contributed by atoms with Crippen molar-refractivity contribution in [3.63, 3.8) is 0 Å². The van der Waals surface area contributed by atoms with Gasteiger partial charge in [-0.1, -0.05) is 13.0 Å². The Balaban J connectivity index is 2.00. The largest absolute Gasteiger partial charge is 0.496 e. The second-order valence-electron chi connectivity index (χ2n) is 6.10. The number of thiophene rings is 1. The second-order valence-corrected chi connectivity index (χ2v) is 7.05. The number of rotatable bonds is 4. The van der Waals surface area contributed by atoms with Gasteiger partial charge in [-0.05, 0) is 29.6 Å². The first-order valence-corrected chi connectivity index (χ1v) is 9.10. The lowest BCUT2D eigenvalue weighted by Crippen LogP contribution is -2.10. The molecule has 1 unspecified atom stereocenters. The van der Waals surface area contributed by atoms with Gasteiger partial charge in [0.05, 0.1) is 17.3 Å². The van der Waals surface area contributed by atoms with E-state index in [4.69, 9.17) is 10.5 Å². The number of nitrogens with zero attached hydrogens (tertiary/aromatic N) is 2. The molecule has 3 heterocycles. The number of methoxy groups -OCH3 is 1. The van der Waals surface area contributed by atoms with Gasteiger partial charge >= 0.3 is 0 Å². The Morgan fingerprint density at radius 3 is 2.72 bits per heavy atom. The lowest BCUT2D eigenvalue weighted by Gasteiger charge is -2.14. The molecule has 25 heavy (non-hydrogen) atoms. The first-order valence-electron chi connectivity index (χ1n) is 8.22. The number of hydrogen-bond acceptors (Lipinski definition) is 5. The molecule has 0 aliphatic heterocycles. The molecule has 0 aliphatic rings. The Bertz CT molecular complexity index is 1040. The van der Waals surface area contributed by atoms with E-state index >= 15 is 0 Å². The van der Waals surface area contributed by atoms with E-state index in [0.717, 1.165) is 33.5 Å². The topological polar surface area (TPSA) is 61.0 Å². The van der Waals surface area contributed by atoms with Crippen molar-refractivity contribution in [3.8, 4) is 16.9 Å². The summed E-state index contributed by atoms with van der Waals surface area (Å²) in [5.74, 6) is 1.07. The number of ether oxygens (including phenoxy) is 1. The van der Waals surface area contributed by atoms with E-state index in [0.29, 0.717) is 6.54 Å². The van der Waals surface area contributed by atoms with Gasteiger partial charge in [-0.15, -0.1) is 11.3 Å². The molecular weight excluding hydrogens is 330 g/mol. The van der Waals surface area contributed by atoms with Crippen molar-refractivity contribution in [2.75, 3.05) is 13.7 Å². The average Bonchev–Trinajstić information content (AvgIpc) is 3.15. The Morgan fingerprint density at radius 1 is 1.12 bits per heavy atom. The number of benzene rings is 1. The first-order chi connectivity index (χ1) is 12.2. The second kappa shape index (κ2) is 6.43. The van der Waals surface area contributed by atoms with Crippen LogP contribution in [0.1, 0.15) is 18.5 Å². The molecule has 0 amide bonds. The van der Waals surface area contributed by atoms with Crippen molar-refractivity contribution < 1.29 is 4.74 Å². The third-order valence-electron chi connectivity index (χ3n) is 4.58. The molecule has 0 saturated heterocycles. The van der Waals surface area contributed by atoms with Crippen LogP contribution in [0.25, 0.3) is 32.1 Å². The van der Waals surface area contributed by atoms with Gasteiger partial charge in [0.15, 0.2) is 0 Å². The predicted octanol–water partition coefficient (Wildman–Crippen LogP) is 4.58. The Hall–Kier alpha value is -2.50. The number of pyridine rings is 2. The highest BCUT2D eigenvalue weighted by atomic mass is 32.1. The SMILES string of the molecule is COc1ccc2ncc3sccc3c2c1-c1ccc(C(C)CN)nc1. The molecule has 4 rings (SSSR count). The number of hydrogen-bond donors (Lipinski definition) is 1. The van der Waals surface area contributed by atoms with E-state index in [1.807, 2.05) is 30.6 Å². The fraction of sp³-hybridized carbons (Fsp3) is 0.200. The summed E-state index contributed by atoms with van der Waals surface area (Å²) >= 11 is 1.70. The minimum atomic E-state index is 0.244. The summed E-state index contributed by atoms with van der Waals surface area (Å²) < 4.78 is 6.83. The molecule has 0 spiro atoms. The van der Waals surface area contributed by atoms with E-state index in [2.05, 4.69) is 34.4 Å². The maximum Gasteiger partial charge on any atom is 0.127 e. The lowest BCUT2D eigenvalue weighted by molar-refractivity contribution is 0.417. The molecule has 0 saturated carbocycles. The summed E-state index contributed by atoms with van der Waals surface area (Å²) in [5, 5.41) is 4.40. The maximum atomic E-state index is 5.76. The number of aromatic nitrogens is 2. The zero-order valence-electron chi connectivity index (χ0n) is 14.2. The summed E-state index contributed by atoms with van der Waals surface area (Å²) in [6.45, 7) is 2.67. The van der Waals surface area contributed by atoms with Crippen LogP contribution in [0.2, 0.25) is 0 Å². The standard InChI is InChI=1S/C20H19N3OS/c1-12(9-21)15-4-3-13(10-22-15)19-17(24-2)6-5-16-20(19)14-7-8-25-18(14)11-23-16/h3-8,10-12H,9,21H2,1-2H3. The minimum absolute atomic E-state index is 0.244. The van der Waals surface area contributed by atoms with E-state index in [1.165, 1.54) is 10.1 Å².